The van der Waals surface area contributed by atoms with Crippen molar-refractivity contribution in [3.63, 3.8) is 0 Å². The minimum Gasteiger partial charge on any atom is -0.481 e. The molecule has 8 N–H and O–H groups in total. The van der Waals surface area contributed by atoms with Gasteiger partial charge in [0.2, 0.25) is 47.3 Å². The Morgan fingerprint density at radius 2 is 1.42 bits per heavy atom. The summed E-state index contributed by atoms with van der Waals surface area (Å²) in [6.07, 6.45) is 6.66. The van der Waals surface area contributed by atoms with Crippen LogP contribution >= 0.6 is 0 Å². The molecule has 9 atom stereocenters. The van der Waals surface area contributed by atoms with E-state index in [0.717, 1.165) is 38.9 Å². The van der Waals surface area contributed by atoms with E-state index in [2.05, 4.69) is 26.3 Å². The number of aliphatic carboxylic acids is 1. The molecule has 4 heterocycles. The van der Waals surface area contributed by atoms with E-state index >= 15 is 19.2 Å². The molecule has 0 bridgehead atoms. The van der Waals surface area contributed by atoms with Crippen LogP contribution in [0, 0.1) is 5.92 Å². The van der Waals surface area contributed by atoms with Crippen molar-refractivity contribution in [2.45, 2.75) is 171 Å². The number of primary amides is 1. The van der Waals surface area contributed by atoms with Crippen LogP contribution in [0.1, 0.15) is 121 Å². The fourth-order valence-corrected chi connectivity index (χ4v) is 12.3. The highest BCUT2D eigenvalue weighted by atomic mass is 16.4. The van der Waals surface area contributed by atoms with Gasteiger partial charge in [-0.1, -0.05) is 105 Å². The number of hydrogen-bond donors (Lipinski definition) is 7. The van der Waals surface area contributed by atoms with E-state index in [1.54, 1.807) is 6.20 Å². The van der Waals surface area contributed by atoms with Crippen molar-refractivity contribution < 1.29 is 48.3 Å². The topological polar surface area (TPSA) is 274 Å². The van der Waals surface area contributed by atoms with Crippen molar-refractivity contribution in [1.29, 1.82) is 0 Å². The molecule has 3 saturated heterocycles. The Bertz CT molecular complexity index is 2820. The Kier molecular flexibility index (Phi) is 19.0. The van der Waals surface area contributed by atoms with Gasteiger partial charge in [0.15, 0.2) is 0 Å². The summed E-state index contributed by atoms with van der Waals surface area (Å²) in [5, 5.41) is 23.1. The van der Waals surface area contributed by atoms with Crippen LogP contribution in [0.3, 0.4) is 0 Å². The standard InChI is InChI=1S/C59H75N9O10/c1-3-4-20-44(63-36(2)69)58(77)68-48(53(60)72)23-12-14-29-61-54(73)45(32-41-35-62-43-21-10-9-19-42(41)43)64-55(74)49-24-13-15-30-66(49)57(76)46(31-37-25-27-39(28-26-37)38-16-6-5-7-17-38)65-56(75)50-33-40-18-8-11-22-47(40)67(50)59(78)51(68)34-52(70)71/h5-7,9-10,16-17,19,21,25-28,35,40,44-51,62H,3-4,8,11-15,18,20,22-24,29-34H2,1-2H3,(H2,60,72)(H,61,73)(H,63,69)(H,64,74)(H,65,75)(H,70,71)/t40?,44-,45-,46+,47?,48-,49?,50?,51-/m0/s1. The Labute approximate surface area is 455 Å². The van der Waals surface area contributed by atoms with Gasteiger partial charge in [0.05, 0.1) is 6.42 Å². The SMILES string of the molecule is CCCC[C@H](NC(C)=O)C(=O)N1[C@H](C(N)=O)CCCCNC(=O)[C@H](Cc2c[nH]c3ccccc23)NC(=O)C2CCCCN2C(=O)[C@@H](Cc2ccc(-c3ccccc3)cc2)NC(=O)C2CC3CCCCC3N2C(=O)[C@@H]1CC(=O)O. The second-order valence-corrected chi connectivity index (χ2v) is 21.6. The van der Waals surface area contributed by atoms with Gasteiger partial charge in [-0.15, -0.1) is 0 Å². The first-order valence-electron chi connectivity index (χ1n) is 27.9. The molecule has 0 spiro atoms. The number of piperidine rings is 1. The lowest BCUT2D eigenvalue weighted by Gasteiger charge is -2.42. The lowest BCUT2D eigenvalue weighted by Crippen LogP contribution is -2.64. The van der Waals surface area contributed by atoms with Gasteiger partial charge >= 0.3 is 5.97 Å². The molecule has 0 radical (unpaired) electrons. The highest BCUT2D eigenvalue weighted by Gasteiger charge is 2.52. The van der Waals surface area contributed by atoms with E-state index in [4.69, 9.17) is 5.73 Å². The number of hydrogen-bond acceptors (Lipinski definition) is 9. The summed E-state index contributed by atoms with van der Waals surface area (Å²) in [4.78, 5) is 138. The Morgan fingerprint density at radius 1 is 0.744 bits per heavy atom. The quantitative estimate of drug-likeness (QED) is 0.0974. The lowest BCUT2D eigenvalue weighted by atomic mass is 9.84. The number of carboxylic acids is 1. The molecule has 1 saturated carbocycles. The minimum absolute atomic E-state index is 0.00386. The molecule has 4 aliphatic rings. The molecule has 8 amide bonds. The predicted molar refractivity (Wildman–Crippen MR) is 292 cm³/mol. The number of amides is 8. The van der Waals surface area contributed by atoms with Gasteiger partial charge in [0, 0.05) is 56.0 Å². The Morgan fingerprint density at radius 3 is 2.15 bits per heavy atom. The van der Waals surface area contributed by atoms with Crippen molar-refractivity contribution in [1.82, 2.24) is 41.0 Å². The number of carbonyl (C=O) groups excluding carboxylic acids is 8. The van der Waals surface area contributed by atoms with Crippen molar-refractivity contribution in [3.05, 3.63) is 96.2 Å². The highest BCUT2D eigenvalue weighted by molar-refractivity contribution is 6.00. The molecule has 4 fully saturated rings. The van der Waals surface area contributed by atoms with Gasteiger partial charge < -0.3 is 51.8 Å². The molecule has 19 heteroatoms. The number of para-hydroxylation sites is 1. The van der Waals surface area contributed by atoms with Gasteiger partial charge in [-0.05, 0) is 98.4 Å². The van der Waals surface area contributed by atoms with Crippen molar-refractivity contribution >= 4 is 64.1 Å². The maximum absolute atomic E-state index is 15.8. The van der Waals surface area contributed by atoms with E-state index in [-0.39, 0.29) is 64.0 Å². The summed E-state index contributed by atoms with van der Waals surface area (Å²) in [5.74, 6) is -7.22. The van der Waals surface area contributed by atoms with Gasteiger partial charge in [-0.2, -0.15) is 0 Å². The molecular weight excluding hydrogens is 995 g/mol. The summed E-state index contributed by atoms with van der Waals surface area (Å²) in [5.41, 5.74) is 10.4. The normalized spacial score (nSPS) is 25.3. The molecule has 19 nitrogen and oxygen atoms in total. The molecule has 3 aromatic carbocycles. The summed E-state index contributed by atoms with van der Waals surface area (Å²) < 4.78 is 0. The number of aromatic nitrogens is 1. The maximum atomic E-state index is 15.8. The van der Waals surface area contributed by atoms with Crippen LogP contribution in [-0.4, -0.2) is 139 Å². The second kappa shape index (κ2) is 26.2. The first-order chi connectivity index (χ1) is 37.6. The Hall–Kier alpha value is -7.57. The predicted octanol–water partition coefficient (Wildman–Crippen LogP) is 4.65. The number of H-pyrrole nitrogens is 1. The van der Waals surface area contributed by atoms with Gasteiger partial charge in [0.1, 0.15) is 42.3 Å². The molecule has 8 rings (SSSR count). The number of nitrogens with zero attached hydrogens (tertiary/aromatic N) is 3. The van der Waals surface area contributed by atoms with Crippen LogP contribution in [0.15, 0.2) is 85.1 Å². The zero-order valence-corrected chi connectivity index (χ0v) is 44.8. The average molecular weight is 1070 g/mol. The number of carboxylic acid groups (broad SMARTS) is 1. The van der Waals surface area contributed by atoms with Crippen LogP contribution in [0.25, 0.3) is 22.0 Å². The van der Waals surface area contributed by atoms with Crippen LogP contribution in [0.5, 0.6) is 0 Å². The van der Waals surface area contributed by atoms with E-state index < -0.39 is 108 Å². The van der Waals surface area contributed by atoms with Crippen molar-refractivity contribution in [2.24, 2.45) is 11.7 Å². The fraction of sp³-hybridized carbons (Fsp3) is 0.508. The number of nitrogens with two attached hydrogens (primary N) is 1. The zero-order chi connectivity index (χ0) is 55.5. The van der Waals surface area contributed by atoms with Crippen LogP contribution in [-0.2, 0) is 56.0 Å². The van der Waals surface area contributed by atoms with E-state index in [9.17, 15) is 29.1 Å². The maximum Gasteiger partial charge on any atom is 0.305 e. The third kappa shape index (κ3) is 13.4. The lowest BCUT2D eigenvalue weighted by molar-refractivity contribution is -0.159. The minimum atomic E-state index is -1.85. The Balaban J connectivity index is 1.22. The largest absolute Gasteiger partial charge is 0.481 e. The number of aromatic amines is 1. The van der Waals surface area contributed by atoms with Gasteiger partial charge in [0.25, 0.3) is 0 Å². The van der Waals surface area contributed by atoms with Gasteiger partial charge in [-0.25, -0.2) is 0 Å². The molecule has 416 valence electrons. The first-order valence-corrected chi connectivity index (χ1v) is 27.9. The summed E-state index contributed by atoms with van der Waals surface area (Å²) in [6.45, 7) is 3.36. The van der Waals surface area contributed by atoms with Crippen LogP contribution < -0.4 is 27.0 Å². The smallest absolute Gasteiger partial charge is 0.305 e. The molecule has 1 aliphatic carbocycles. The molecule has 4 aromatic rings. The molecule has 3 aliphatic heterocycles. The number of unbranched alkanes of at least 4 members (excludes halogenated alkanes) is 1. The molecular formula is C59H75N9O10. The van der Waals surface area contributed by atoms with E-state index in [0.29, 0.717) is 56.9 Å². The number of benzene rings is 3. The number of carbonyl (C=O) groups is 9. The van der Waals surface area contributed by atoms with Crippen molar-refractivity contribution in [2.75, 3.05) is 13.1 Å². The molecule has 78 heavy (non-hydrogen) atoms. The van der Waals surface area contributed by atoms with Crippen molar-refractivity contribution in [3.8, 4) is 11.1 Å². The second-order valence-electron chi connectivity index (χ2n) is 21.6. The highest BCUT2D eigenvalue weighted by Crippen LogP contribution is 2.41. The number of nitrogens with one attached hydrogen (secondary N) is 5. The third-order valence-corrected chi connectivity index (χ3v) is 16.2. The monoisotopic (exact) mass is 1070 g/mol. The molecule has 1 aromatic heterocycles. The summed E-state index contributed by atoms with van der Waals surface area (Å²) >= 11 is 0. The van der Waals surface area contributed by atoms with Crippen LogP contribution in [0.2, 0.25) is 0 Å². The fourth-order valence-electron chi connectivity index (χ4n) is 12.3. The first kappa shape index (κ1) is 56.6. The number of fused-ring (bicyclic) bond motifs is 5. The van der Waals surface area contributed by atoms with Crippen LogP contribution in [0.4, 0.5) is 0 Å². The third-order valence-electron chi connectivity index (χ3n) is 16.2. The van der Waals surface area contributed by atoms with E-state index in [1.165, 1.54) is 16.7 Å². The van der Waals surface area contributed by atoms with E-state index in [1.807, 2.05) is 85.8 Å². The zero-order valence-electron chi connectivity index (χ0n) is 44.8. The average Bonchev–Trinajstić information content (AvgIpc) is 4.07. The van der Waals surface area contributed by atoms with Gasteiger partial charge in [-0.3, -0.25) is 43.2 Å². The summed E-state index contributed by atoms with van der Waals surface area (Å²) in [6, 6.07) is 15.1. The number of rotatable bonds is 13. The molecule has 4 unspecified atom stereocenters. The summed E-state index contributed by atoms with van der Waals surface area (Å²) in [7, 11) is 0.